The van der Waals surface area contributed by atoms with Crippen LogP contribution in [0.1, 0.15) is 12.0 Å². The second-order valence-electron chi connectivity index (χ2n) is 5.96. The zero-order valence-electron chi connectivity index (χ0n) is 13.9. The lowest BCUT2D eigenvalue weighted by Gasteiger charge is -2.28. The summed E-state index contributed by atoms with van der Waals surface area (Å²) in [5.41, 5.74) is 4.32. The van der Waals surface area contributed by atoms with Crippen molar-refractivity contribution in [3.05, 3.63) is 64.7 Å². The maximum absolute atomic E-state index is 12.9. The molecule has 0 saturated heterocycles. The number of hydrazone groups is 1. The number of amides is 1. The van der Waals surface area contributed by atoms with Crippen LogP contribution in [0.4, 0.5) is 5.82 Å². The predicted molar refractivity (Wildman–Crippen MR) is 97.6 cm³/mol. The van der Waals surface area contributed by atoms with Gasteiger partial charge in [0, 0.05) is 18.4 Å². The molecule has 4 heterocycles. The van der Waals surface area contributed by atoms with Crippen LogP contribution in [0.15, 0.2) is 58.7 Å². The van der Waals surface area contributed by atoms with Gasteiger partial charge in [-0.3, -0.25) is 24.9 Å². The van der Waals surface area contributed by atoms with Crippen molar-refractivity contribution in [3.8, 4) is 11.5 Å². The predicted octanol–water partition coefficient (Wildman–Crippen LogP) is 1.14. The highest BCUT2D eigenvalue weighted by Crippen LogP contribution is 2.24. The molecule has 0 saturated carbocycles. The van der Waals surface area contributed by atoms with Gasteiger partial charge in [-0.05, 0) is 37.1 Å². The Morgan fingerprint density at radius 1 is 1.27 bits per heavy atom. The van der Waals surface area contributed by atoms with Gasteiger partial charge in [0.2, 0.25) is 0 Å². The molecular weight excluding hydrogens is 332 g/mol. The molecule has 0 radical (unpaired) electrons. The topological polar surface area (TPSA) is 103 Å². The number of hydrogen-bond donors (Lipinski definition) is 2. The van der Waals surface area contributed by atoms with E-state index in [0.717, 1.165) is 0 Å². The second-order valence-corrected chi connectivity index (χ2v) is 5.96. The van der Waals surface area contributed by atoms with Gasteiger partial charge >= 0.3 is 0 Å². The standard InChI is InChI=1S/C18H16N6O2/c1-11-7-8-14(23-22-11)18(26)24-10-4-5-12-16(24)20-15(21-17(12)25)13-6-2-3-9-19-13/h2-3,6-9,22H,1,4-5,10H2,(H,20,21,25). The Bertz CT molecular complexity index is 1010. The van der Waals surface area contributed by atoms with Gasteiger partial charge in [0.05, 0.1) is 5.56 Å². The van der Waals surface area contributed by atoms with E-state index >= 15 is 0 Å². The van der Waals surface area contributed by atoms with E-state index in [0.29, 0.717) is 48.0 Å². The Morgan fingerprint density at radius 2 is 2.15 bits per heavy atom. The number of H-pyrrole nitrogens is 1. The molecule has 0 atom stereocenters. The summed E-state index contributed by atoms with van der Waals surface area (Å²) in [5.74, 6) is 0.389. The normalized spacial score (nSPS) is 15.9. The molecule has 2 aliphatic heterocycles. The van der Waals surface area contributed by atoms with Gasteiger partial charge in [-0.15, -0.1) is 0 Å². The van der Waals surface area contributed by atoms with Crippen LogP contribution in [0.5, 0.6) is 0 Å². The number of rotatable bonds is 2. The summed E-state index contributed by atoms with van der Waals surface area (Å²) in [6.07, 6.45) is 6.15. The Kier molecular flexibility index (Phi) is 3.92. The highest BCUT2D eigenvalue weighted by atomic mass is 16.2. The van der Waals surface area contributed by atoms with E-state index < -0.39 is 0 Å². The third-order valence-electron chi connectivity index (χ3n) is 4.19. The molecule has 2 aliphatic rings. The van der Waals surface area contributed by atoms with Crippen LogP contribution >= 0.6 is 0 Å². The molecule has 8 nitrogen and oxygen atoms in total. The number of carbonyl (C=O) groups excluding carboxylic acids is 1. The van der Waals surface area contributed by atoms with Crippen LogP contribution in [0.25, 0.3) is 11.5 Å². The van der Waals surface area contributed by atoms with Gasteiger partial charge < -0.3 is 4.98 Å². The number of nitrogens with zero attached hydrogens (tertiary/aromatic N) is 4. The highest BCUT2D eigenvalue weighted by Gasteiger charge is 2.29. The first kappa shape index (κ1) is 15.9. The number of aromatic amines is 1. The van der Waals surface area contributed by atoms with E-state index in [1.54, 1.807) is 30.5 Å². The van der Waals surface area contributed by atoms with Gasteiger partial charge in [-0.2, -0.15) is 5.10 Å². The molecule has 1 amide bonds. The number of pyridine rings is 1. The average Bonchev–Trinajstić information content (AvgIpc) is 2.68. The summed E-state index contributed by atoms with van der Waals surface area (Å²) in [5, 5.41) is 4.02. The SMILES string of the molecule is C=C1C=CC(C(=O)N2CCCc3c2nc(-c2ccccn2)[nH]c3=O)=NN1. The fraction of sp³-hybridized carbons (Fsp3) is 0.167. The molecule has 4 rings (SSSR count). The van der Waals surface area contributed by atoms with E-state index in [1.807, 2.05) is 6.07 Å². The van der Waals surface area contributed by atoms with E-state index in [-0.39, 0.29) is 17.2 Å². The lowest BCUT2D eigenvalue weighted by molar-refractivity contribution is -0.112. The molecule has 8 heteroatoms. The molecule has 0 aliphatic carbocycles. The number of hydrogen-bond acceptors (Lipinski definition) is 6. The third kappa shape index (κ3) is 2.81. The molecule has 0 bridgehead atoms. The maximum Gasteiger partial charge on any atom is 0.279 e. The molecule has 26 heavy (non-hydrogen) atoms. The molecule has 2 aromatic heterocycles. The highest BCUT2D eigenvalue weighted by molar-refractivity contribution is 6.47. The minimum Gasteiger partial charge on any atom is -0.305 e. The number of aromatic nitrogens is 3. The van der Waals surface area contributed by atoms with E-state index in [4.69, 9.17) is 0 Å². The minimum absolute atomic E-state index is 0.242. The van der Waals surface area contributed by atoms with Crippen molar-refractivity contribution >= 4 is 17.4 Å². The van der Waals surface area contributed by atoms with Gasteiger partial charge in [0.25, 0.3) is 11.5 Å². The van der Waals surface area contributed by atoms with Gasteiger partial charge in [0.15, 0.2) is 5.82 Å². The fourth-order valence-corrected chi connectivity index (χ4v) is 2.92. The third-order valence-corrected chi connectivity index (χ3v) is 4.19. The van der Waals surface area contributed by atoms with Crippen molar-refractivity contribution in [2.24, 2.45) is 5.10 Å². The van der Waals surface area contributed by atoms with Crippen LogP contribution in [-0.4, -0.2) is 33.1 Å². The van der Waals surface area contributed by atoms with Crippen LogP contribution in [0.3, 0.4) is 0 Å². The van der Waals surface area contributed by atoms with E-state index in [1.165, 1.54) is 4.90 Å². The zero-order valence-corrected chi connectivity index (χ0v) is 13.9. The Hall–Kier alpha value is -3.55. The van der Waals surface area contributed by atoms with Crippen molar-refractivity contribution in [3.63, 3.8) is 0 Å². The molecule has 2 aromatic rings. The van der Waals surface area contributed by atoms with Gasteiger partial charge in [-0.1, -0.05) is 12.6 Å². The summed E-state index contributed by atoms with van der Waals surface area (Å²) >= 11 is 0. The molecule has 0 unspecified atom stereocenters. The van der Waals surface area contributed by atoms with Crippen LogP contribution < -0.4 is 15.9 Å². The number of allylic oxidation sites excluding steroid dienone is 1. The summed E-state index contributed by atoms with van der Waals surface area (Å²) in [6.45, 7) is 4.19. The Morgan fingerprint density at radius 3 is 2.88 bits per heavy atom. The maximum atomic E-state index is 12.9. The van der Waals surface area contributed by atoms with Crippen molar-refractivity contribution in [1.29, 1.82) is 0 Å². The monoisotopic (exact) mass is 348 g/mol. The lowest BCUT2D eigenvalue weighted by atomic mass is 10.1. The van der Waals surface area contributed by atoms with E-state index in [2.05, 4.69) is 32.1 Å². The van der Waals surface area contributed by atoms with E-state index in [9.17, 15) is 9.59 Å². The van der Waals surface area contributed by atoms with Crippen molar-refractivity contribution in [2.75, 3.05) is 11.4 Å². The van der Waals surface area contributed by atoms with Crippen molar-refractivity contribution in [2.45, 2.75) is 12.8 Å². The smallest absolute Gasteiger partial charge is 0.279 e. The molecule has 130 valence electrons. The number of nitrogens with one attached hydrogen (secondary N) is 2. The average molecular weight is 348 g/mol. The van der Waals surface area contributed by atoms with Crippen LogP contribution in [-0.2, 0) is 11.2 Å². The summed E-state index contributed by atoms with van der Waals surface area (Å²) in [4.78, 5) is 38.4. The quantitative estimate of drug-likeness (QED) is 0.847. The fourth-order valence-electron chi connectivity index (χ4n) is 2.92. The number of fused-ring (bicyclic) bond motifs is 1. The Labute approximate surface area is 149 Å². The zero-order chi connectivity index (χ0) is 18.1. The summed E-state index contributed by atoms with van der Waals surface area (Å²) in [7, 11) is 0. The second kappa shape index (κ2) is 6.40. The largest absolute Gasteiger partial charge is 0.305 e. The van der Waals surface area contributed by atoms with Gasteiger partial charge in [-0.25, -0.2) is 4.98 Å². The molecule has 0 spiro atoms. The molecule has 0 fully saturated rings. The summed E-state index contributed by atoms with van der Waals surface area (Å²) in [6, 6.07) is 5.35. The first-order valence-electron chi connectivity index (χ1n) is 8.20. The number of anilines is 1. The van der Waals surface area contributed by atoms with Crippen LogP contribution in [0, 0.1) is 0 Å². The first-order valence-corrected chi connectivity index (χ1v) is 8.20. The lowest BCUT2D eigenvalue weighted by Crippen LogP contribution is -2.43. The van der Waals surface area contributed by atoms with Crippen LogP contribution in [0.2, 0.25) is 0 Å². The molecule has 2 N–H and O–H groups in total. The molecular formula is C18H16N6O2. The molecule has 0 aromatic carbocycles. The minimum atomic E-state index is -0.313. The van der Waals surface area contributed by atoms with Crippen molar-refractivity contribution < 1.29 is 4.79 Å². The first-order chi connectivity index (χ1) is 12.6. The van der Waals surface area contributed by atoms with Crippen molar-refractivity contribution in [1.82, 2.24) is 20.4 Å². The summed E-state index contributed by atoms with van der Waals surface area (Å²) < 4.78 is 0. The Balaban J connectivity index is 1.77. The van der Waals surface area contributed by atoms with Gasteiger partial charge in [0.1, 0.15) is 17.2 Å². The number of carbonyl (C=O) groups is 1.